The number of aromatic nitrogens is 2. The summed E-state index contributed by atoms with van der Waals surface area (Å²) in [6.45, 7) is 0. The number of halogens is 1. The molecule has 0 unspecified atom stereocenters. The second-order valence-electron chi connectivity index (χ2n) is 7.09. The lowest BCUT2D eigenvalue weighted by atomic mass is 10.1. The van der Waals surface area contributed by atoms with Crippen LogP contribution in [0.2, 0.25) is 5.02 Å². The number of ether oxygens (including phenoxy) is 1. The number of fused-ring (bicyclic) bond motifs is 2. The summed E-state index contributed by atoms with van der Waals surface area (Å²) >= 11 is 5.96. The average Bonchev–Trinajstić information content (AvgIpc) is 3.24. The lowest BCUT2D eigenvalue weighted by Gasteiger charge is -2.09. The van der Waals surface area contributed by atoms with Crippen LogP contribution in [0.4, 0.5) is 0 Å². The molecule has 156 valence electrons. The van der Waals surface area contributed by atoms with E-state index in [1.807, 2.05) is 54.6 Å². The Morgan fingerprint density at radius 1 is 1.00 bits per heavy atom. The number of carbonyl (C=O) groups is 1. The molecule has 5 rings (SSSR count). The Balaban J connectivity index is 1.24. The number of benzene rings is 4. The molecule has 0 aliphatic heterocycles. The number of hydrogen-bond acceptors (Lipinski definition) is 4. The third kappa shape index (κ3) is 4.17. The minimum Gasteiger partial charge on any atom is -0.457 e. The molecule has 0 radical (unpaired) electrons. The lowest BCUT2D eigenvalue weighted by molar-refractivity contribution is 0.0946. The van der Waals surface area contributed by atoms with Crippen LogP contribution in [0.15, 0.2) is 90.0 Å². The average molecular weight is 441 g/mol. The number of imidazole rings is 1. The number of hydrogen-bond donors (Lipinski definition) is 2. The van der Waals surface area contributed by atoms with Crippen molar-refractivity contribution in [1.82, 2.24) is 15.4 Å². The zero-order valence-electron chi connectivity index (χ0n) is 16.7. The van der Waals surface area contributed by atoms with Crippen LogP contribution in [-0.4, -0.2) is 22.1 Å². The van der Waals surface area contributed by atoms with Crippen LogP contribution >= 0.6 is 11.6 Å². The summed E-state index contributed by atoms with van der Waals surface area (Å²) in [5.74, 6) is 1.23. The van der Waals surface area contributed by atoms with E-state index in [4.69, 9.17) is 16.3 Å². The molecule has 0 bridgehead atoms. The number of nitrogens with zero attached hydrogens (tertiary/aromatic N) is 2. The van der Waals surface area contributed by atoms with Gasteiger partial charge in [0.25, 0.3) is 0 Å². The molecule has 0 aliphatic carbocycles. The largest absolute Gasteiger partial charge is 0.457 e. The van der Waals surface area contributed by atoms with Crippen molar-refractivity contribution in [2.45, 2.75) is 0 Å². The predicted octanol–water partition coefficient (Wildman–Crippen LogP) is 5.93. The Bertz CT molecular complexity index is 1450. The highest BCUT2D eigenvalue weighted by molar-refractivity contribution is 6.31. The first-order valence-electron chi connectivity index (χ1n) is 9.90. The van der Waals surface area contributed by atoms with Crippen LogP contribution in [0.25, 0.3) is 21.8 Å². The lowest BCUT2D eigenvalue weighted by Crippen LogP contribution is -2.19. The van der Waals surface area contributed by atoms with Gasteiger partial charge in [0.2, 0.25) is 0 Å². The fourth-order valence-electron chi connectivity index (χ4n) is 3.34. The van der Waals surface area contributed by atoms with Crippen molar-refractivity contribution in [3.8, 4) is 11.5 Å². The van der Waals surface area contributed by atoms with E-state index in [1.54, 1.807) is 24.4 Å². The number of carbonyl (C=O) groups excluding carboxylic acids is 1. The Kier molecular flexibility index (Phi) is 5.27. The number of amides is 1. The van der Waals surface area contributed by atoms with Crippen LogP contribution in [0.5, 0.6) is 11.5 Å². The van der Waals surface area contributed by atoms with E-state index in [0.717, 1.165) is 22.1 Å². The van der Waals surface area contributed by atoms with Gasteiger partial charge in [-0.3, -0.25) is 4.79 Å². The summed E-state index contributed by atoms with van der Waals surface area (Å²) in [6.07, 6.45) is 1.55. The van der Waals surface area contributed by atoms with Crippen LogP contribution in [0.3, 0.4) is 0 Å². The molecule has 5 aromatic rings. The smallest absolute Gasteiger partial charge is 0.307 e. The molecular formula is C25H17ClN4O2. The van der Waals surface area contributed by atoms with Gasteiger partial charge in [-0.15, -0.1) is 0 Å². The maximum absolute atomic E-state index is 12.3. The molecule has 6 nitrogen and oxygen atoms in total. The molecule has 32 heavy (non-hydrogen) atoms. The third-order valence-corrected chi connectivity index (χ3v) is 5.13. The molecule has 2 N–H and O–H groups in total. The molecule has 0 saturated heterocycles. The highest BCUT2D eigenvalue weighted by atomic mass is 35.5. The van der Waals surface area contributed by atoms with Crippen molar-refractivity contribution < 1.29 is 9.53 Å². The summed E-state index contributed by atoms with van der Waals surface area (Å²) in [6, 6.07) is 26.7. The Labute approximate surface area is 188 Å². The molecule has 1 amide bonds. The summed E-state index contributed by atoms with van der Waals surface area (Å²) in [4.78, 5) is 19.4. The van der Waals surface area contributed by atoms with Gasteiger partial charge in [-0.05, 0) is 59.5 Å². The number of hydrazone groups is 1. The molecule has 7 heteroatoms. The minimum absolute atomic E-state index is 0.165. The molecule has 0 aliphatic rings. The summed E-state index contributed by atoms with van der Waals surface area (Å²) in [5.41, 5.74) is 4.63. The molecule has 4 aromatic carbocycles. The van der Waals surface area contributed by atoms with E-state index < -0.39 is 5.91 Å². The zero-order valence-corrected chi connectivity index (χ0v) is 17.5. The standard InChI is InChI=1S/C25H17ClN4O2/c26-18-10-13-21-22(14-18)29-24(28-21)25(31)30-27-15-16-8-11-19(12-9-16)32-23-7-3-5-17-4-1-2-6-20(17)23/h1-15H,(H,28,29)(H,30,31)/b27-15+. The Hall–Kier alpha value is -4.16. The minimum atomic E-state index is -0.440. The zero-order chi connectivity index (χ0) is 21.9. The van der Waals surface area contributed by atoms with Gasteiger partial charge in [-0.1, -0.05) is 48.0 Å². The predicted molar refractivity (Wildman–Crippen MR) is 127 cm³/mol. The van der Waals surface area contributed by atoms with Crippen molar-refractivity contribution in [3.63, 3.8) is 0 Å². The SMILES string of the molecule is O=C(N/N=C/c1ccc(Oc2cccc3ccccc23)cc1)c1nc2ccc(Cl)cc2[nH]1. The second kappa shape index (κ2) is 8.53. The van der Waals surface area contributed by atoms with Gasteiger partial charge in [0.1, 0.15) is 11.5 Å². The summed E-state index contributed by atoms with van der Waals surface area (Å²) in [7, 11) is 0. The summed E-state index contributed by atoms with van der Waals surface area (Å²) in [5, 5.41) is 6.75. The first kappa shape index (κ1) is 19.8. The molecule has 0 atom stereocenters. The highest BCUT2D eigenvalue weighted by Crippen LogP contribution is 2.29. The first-order chi connectivity index (χ1) is 15.7. The fraction of sp³-hybridized carbons (Fsp3) is 0. The normalized spacial score (nSPS) is 11.3. The van der Waals surface area contributed by atoms with Crippen LogP contribution in [0, 0.1) is 0 Å². The number of nitrogens with one attached hydrogen (secondary N) is 2. The van der Waals surface area contributed by atoms with E-state index in [0.29, 0.717) is 21.8 Å². The summed E-state index contributed by atoms with van der Waals surface area (Å²) < 4.78 is 6.05. The monoisotopic (exact) mass is 440 g/mol. The van der Waals surface area contributed by atoms with Gasteiger partial charge >= 0.3 is 5.91 Å². The second-order valence-corrected chi connectivity index (χ2v) is 7.53. The molecule has 0 spiro atoms. The molecule has 0 saturated carbocycles. The Morgan fingerprint density at radius 3 is 2.69 bits per heavy atom. The first-order valence-corrected chi connectivity index (χ1v) is 10.3. The quantitative estimate of drug-likeness (QED) is 0.263. The third-order valence-electron chi connectivity index (χ3n) is 4.90. The van der Waals surface area contributed by atoms with Crippen molar-refractivity contribution in [3.05, 3.63) is 101 Å². The number of aromatic amines is 1. The molecular weight excluding hydrogens is 424 g/mol. The highest BCUT2D eigenvalue weighted by Gasteiger charge is 2.10. The number of rotatable bonds is 5. The van der Waals surface area contributed by atoms with Crippen LogP contribution in [-0.2, 0) is 0 Å². The topological polar surface area (TPSA) is 79.4 Å². The molecule has 0 fully saturated rings. The Morgan fingerprint density at radius 2 is 1.81 bits per heavy atom. The van der Waals surface area contributed by atoms with Gasteiger partial charge in [0.05, 0.1) is 17.2 Å². The van der Waals surface area contributed by atoms with Crippen LogP contribution < -0.4 is 10.2 Å². The molecule has 1 heterocycles. The van der Waals surface area contributed by atoms with E-state index in [2.05, 4.69) is 32.6 Å². The van der Waals surface area contributed by atoms with E-state index in [-0.39, 0.29) is 5.82 Å². The van der Waals surface area contributed by atoms with Crippen molar-refractivity contribution >= 4 is 45.5 Å². The van der Waals surface area contributed by atoms with E-state index in [1.165, 1.54) is 0 Å². The van der Waals surface area contributed by atoms with Crippen LogP contribution in [0.1, 0.15) is 16.2 Å². The maximum atomic E-state index is 12.3. The maximum Gasteiger partial charge on any atom is 0.307 e. The molecule has 1 aromatic heterocycles. The van der Waals surface area contributed by atoms with Crippen molar-refractivity contribution in [2.24, 2.45) is 5.10 Å². The number of H-pyrrole nitrogens is 1. The fourth-order valence-corrected chi connectivity index (χ4v) is 3.51. The van der Waals surface area contributed by atoms with Gasteiger partial charge in [-0.25, -0.2) is 10.4 Å². The van der Waals surface area contributed by atoms with Gasteiger partial charge in [0.15, 0.2) is 5.82 Å². The van der Waals surface area contributed by atoms with Crippen molar-refractivity contribution in [1.29, 1.82) is 0 Å². The van der Waals surface area contributed by atoms with Gasteiger partial charge < -0.3 is 9.72 Å². The van der Waals surface area contributed by atoms with E-state index >= 15 is 0 Å². The van der Waals surface area contributed by atoms with E-state index in [9.17, 15) is 4.79 Å². The van der Waals surface area contributed by atoms with Crippen molar-refractivity contribution in [2.75, 3.05) is 0 Å². The van der Waals surface area contributed by atoms with Gasteiger partial charge in [-0.2, -0.15) is 5.10 Å². The van der Waals surface area contributed by atoms with Gasteiger partial charge in [0, 0.05) is 10.4 Å².